The minimum atomic E-state index is -5.01. The molecule has 0 spiro atoms. The van der Waals surface area contributed by atoms with E-state index >= 15 is 0 Å². The van der Waals surface area contributed by atoms with Crippen molar-refractivity contribution >= 4 is 29.6 Å². The average Bonchev–Trinajstić information content (AvgIpc) is 2.77. The first-order chi connectivity index (χ1) is 15.0. The summed E-state index contributed by atoms with van der Waals surface area (Å²) in [4.78, 5) is 31.0. The molecule has 0 aliphatic carbocycles. The number of amides is 1. The van der Waals surface area contributed by atoms with E-state index in [9.17, 15) is 27.9 Å². The van der Waals surface area contributed by atoms with Gasteiger partial charge < -0.3 is 14.9 Å². The Morgan fingerprint density at radius 2 is 1.66 bits per heavy atom. The van der Waals surface area contributed by atoms with Gasteiger partial charge in [-0.3, -0.25) is 9.59 Å². The number of alkyl halides is 3. The van der Waals surface area contributed by atoms with Gasteiger partial charge in [0.15, 0.2) is 6.29 Å². The highest BCUT2D eigenvalue weighted by molar-refractivity contribution is 6.31. The van der Waals surface area contributed by atoms with Gasteiger partial charge in [0, 0.05) is 32.1 Å². The number of aromatic nitrogens is 1. The molecular formula is C22H29ClF3N3O3. The number of piperidine rings is 2. The highest BCUT2D eigenvalue weighted by Crippen LogP contribution is 2.40. The average molecular weight is 476 g/mol. The molecule has 3 rings (SSSR count). The van der Waals surface area contributed by atoms with Crippen molar-refractivity contribution in [2.75, 3.05) is 31.1 Å². The van der Waals surface area contributed by atoms with Crippen LogP contribution in [0.15, 0.2) is 12.1 Å². The number of hydrogen-bond donors (Lipinski definition) is 1. The maximum atomic E-state index is 13.4. The molecule has 1 amide bonds. The number of aliphatic hydroxyl groups is 1. The van der Waals surface area contributed by atoms with E-state index in [-0.39, 0.29) is 18.2 Å². The summed E-state index contributed by atoms with van der Waals surface area (Å²) < 4.78 is 40.3. The van der Waals surface area contributed by atoms with Gasteiger partial charge in [-0.05, 0) is 49.7 Å². The predicted octanol–water partition coefficient (Wildman–Crippen LogP) is 3.95. The molecule has 2 aliphatic heterocycles. The second-order valence-corrected chi connectivity index (χ2v) is 9.40. The van der Waals surface area contributed by atoms with Crippen LogP contribution >= 0.6 is 11.6 Å². The number of anilines is 1. The zero-order chi connectivity index (χ0) is 23.7. The van der Waals surface area contributed by atoms with E-state index in [1.807, 2.05) is 0 Å². The maximum absolute atomic E-state index is 13.4. The fourth-order valence-corrected chi connectivity index (χ4v) is 5.00. The fourth-order valence-electron chi connectivity index (χ4n) is 4.81. The van der Waals surface area contributed by atoms with E-state index in [0.29, 0.717) is 36.5 Å². The molecule has 0 saturated carbocycles. The van der Waals surface area contributed by atoms with Gasteiger partial charge in [-0.2, -0.15) is 13.2 Å². The van der Waals surface area contributed by atoms with Crippen molar-refractivity contribution in [3.8, 4) is 0 Å². The molecule has 2 saturated heterocycles. The van der Waals surface area contributed by atoms with Crippen LogP contribution in [0.25, 0.3) is 0 Å². The van der Waals surface area contributed by atoms with Crippen LogP contribution in [0.5, 0.6) is 0 Å². The SMILES string of the molecule is CC(C)C(O)(C(=O)N1CCC(C2CCN(c3ccc(C=O)c(Cl)n3)CC2)CC1)C(F)(F)F. The van der Waals surface area contributed by atoms with Gasteiger partial charge >= 0.3 is 6.18 Å². The fraction of sp³-hybridized carbons (Fsp3) is 0.682. The van der Waals surface area contributed by atoms with Crippen molar-refractivity contribution in [3.63, 3.8) is 0 Å². The number of pyridine rings is 1. The number of rotatable bonds is 5. The van der Waals surface area contributed by atoms with E-state index in [2.05, 4.69) is 9.88 Å². The molecular weight excluding hydrogens is 447 g/mol. The lowest BCUT2D eigenvalue weighted by molar-refractivity contribution is -0.270. The summed E-state index contributed by atoms with van der Waals surface area (Å²) in [6.07, 6.45) is -1.28. The molecule has 0 bridgehead atoms. The molecule has 0 aromatic carbocycles. The first kappa shape index (κ1) is 24.8. The lowest BCUT2D eigenvalue weighted by atomic mass is 9.78. The minimum Gasteiger partial charge on any atom is -0.372 e. The first-order valence-corrected chi connectivity index (χ1v) is 11.3. The highest BCUT2D eigenvalue weighted by Gasteiger charge is 2.62. The maximum Gasteiger partial charge on any atom is 0.426 e. The van der Waals surface area contributed by atoms with Crippen LogP contribution in [0.2, 0.25) is 5.15 Å². The number of aldehydes is 1. The molecule has 32 heavy (non-hydrogen) atoms. The van der Waals surface area contributed by atoms with E-state index in [0.717, 1.165) is 31.7 Å². The van der Waals surface area contributed by atoms with Crippen LogP contribution < -0.4 is 4.90 Å². The summed E-state index contributed by atoms with van der Waals surface area (Å²) in [6.45, 7) is 4.41. The number of likely N-dealkylation sites (tertiary alicyclic amines) is 1. The Kier molecular flexibility index (Phi) is 7.39. The molecule has 1 aromatic heterocycles. The zero-order valence-electron chi connectivity index (χ0n) is 18.2. The normalized spacial score (nSPS) is 21.0. The van der Waals surface area contributed by atoms with E-state index in [1.54, 1.807) is 12.1 Å². The van der Waals surface area contributed by atoms with Crippen LogP contribution in [0, 0.1) is 17.8 Å². The Morgan fingerprint density at radius 1 is 1.12 bits per heavy atom. The lowest BCUT2D eigenvalue weighted by Crippen LogP contribution is -2.62. The Morgan fingerprint density at radius 3 is 2.09 bits per heavy atom. The Bertz CT molecular complexity index is 835. The molecule has 1 N–H and O–H groups in total. The van der Waals surface area contributed by atoms with Crippen LogP contribution in [0.4, 0.5) is 19.0 Å². The third-order valence-electron chi connectivity index (χ3n) is 6.94. The van der Waals surface area contributed by atoms with E-state index < -0.39 is 23.6 Å². The molecule has 178 valence electrons. The molecule has 2 aliphatic rings. The summed E-state index contributed by atoms with van der Waals surface area (Å²) in [5.41, 5.74) is -3.00. The smallest absolute Gasteiger partial charge is 0.372 e. The van der Waals surface area contributed by atoms with Crippen molar-refractivity contribution in [1.29, 1.82) is 0 Å². The highest BCUT2D eigenvalue weighted by atomic mass is 35.5. The summed E-state index contributed by atoms with van der Waals surface area (Å²) in [5, 5.41) is 10.4. The Hall–Kier alpha value is -1.87. The summed E-state index contributed by atoms with van der Waals surface area (Å²) in [5.74, 6) is -1.04. The molecule has 3 heterocycles. The van der Waals surface area contributed by atoms with Gasteiger partial charge in [-0.25, -0.2) is 4.98 Å². The number of nitrogens with zero attached hydrogens (tertiary/aromatic N) is 3. The van der Waals surface area contributed by atoms with Gasteiger partial charge in [-0.15, -0.1) is 0 Å². The van der Waals surface area contributed by atoms with Crippen molar-refractivity contribution in [2.45, 2.75) is 51.3 Å². The first-order valence-electron chi connectivity index (χ1n) is 10.9. The zero-order valence-corrected chi connectivity index (χ0v) is 19.0. The number of carbonyl (C=O) groups is 2. The number of halogens is 4. The minimum absolute atomic E-state index is 0.178. The van der Waals surface area contributed by atoms with Crippen LogP contribution in [0.1, 0.15) is 49.9 Å². The van der Waals surface area contributed by atoms with Gasteiger partial charge in [0.05, 0.1) is 5.56 Å². The number of hydrogen-bond acceptors (Lipinski definition) is 5. The third kappa shape index (κ3) is 4.73. The summed E-state index contributed by atoms with van der Waals surface area (Å²) in [7, 11) is 0. The monoisotopic (exact) mass is 475 g/mol. The van der Waals surface area contributed by atoms with Crippen LogP contribution in [-0.4, -0.2) is 65.1 Å². The van der Waals surface area contributed by atoms with Gasteiger partial charge in [0.1, 0.15) is 11.0 Å². The van der Waals surface area contributed by atoms with E-state index in [4.69, 9.17) is 11.6 Å². The van der Waals surface area contributed by atoms with Crippen molar-refractivity contribution < 1.29 is 27.9 Å². The Balaban J connectivity index is 1.55. The topological polar surface area (TPSA) is 73.7 Å². The van der Waals surface area contributed by atoms with Crippen molar-refractivity contribution in [1.82, 2.24) is 9.88 Å². The molecule has 1 unspecified atom stereocenters. The second kappa shape index (κ2) is 9.55. The van der Waals surface area contributed by atoms with Crippen LogP contribution in [0.3, 0.4) is 0 Å². The quantitative estimate of drug-likeness (QED) is 0.515. The van der Waals surface area contributed by atoms with Crippen LogP contribution in [-0.2, 0) is 4.79 Å². The van der Waals surface area contributed by atoms with Crippen molar-refractivity contribution in [3.05, 3.63) is 22.8 Å². The second-order valence-electron chi connectivity index (χ2n) is 9.04. The van der Waals surface area contributed by atoms with Gasteiger partial charge in [0.25, 0.3) is 5.91 Å². The predicted molar refractivity (Wildman–Crippen MR) is 115 cm³/mol. The molecule has 6 nitrogen and oxygen atoms in total. The molecule has 0 radical (unpaired) electrons. The summed E-state index contributed by atoms with van der Waals surface area (Å²) >= 11 is 6.03. The largest absolute Gasteiger partial charge is 0.426 e. The number of carbonyl (C=O) groups excluding carboxylic acids is 2. The molecule has 1 aromatic rings. The molecule has 1 atom stereocenters. The summed E-state index contributed by atoms with van der Waals surface area (Å²) in [6, 6.07) is 3.42. The van der Waals surface area contributed by atoms with Gasteiger partial charge in [0.2, 0.25) is 5.60 Å². The third-order valence-corrected chi connectivity index (χ3v) is 7.24. The molecule has 10 heteroatoms. The van der Waals surface area contributed by atoms with Gasteiger partial charge in [-0.1, -0.05) is 25.4 Å². The standard InChI is InChI=1S/C22H29ClF3N3O3/c1-14(2)21(32,22(24,25)26)20(31)29-11-7-16(8-12-29)15-5-9-28(10-6-15)18-4-3-17(13-30)19(23)27-18/h3-4,13-16,32H,5-12H2,1-2H3. The lowest BCUT2D eigenvalue weighted by Gasteiger charge is -2.43. The Labute approximate surface area is 190 Å². The van der Waals surface area contributed by atoms with E-state index in [1.165, 1.54) is 18.7 Å². The molecule has 2 fully saturated rings. The van der Waals surface area contributed by atoms with Crippen molar-refractivity contribution in [2.24, 2.45) is 17.8 Å².